The summed E-state index contributed by atoms with van der Waals surface area (Å²) in [6, 6.07) is 2.33. The molecule has 3 aromatic heterocycles. The lowest BCUT2D eigenvalue weighted by Crippen LogP contribution is -2.42. The largest absolute Gasteiger partial charge is 0.353 e. The predicted octanol–water partition coefficient (Wildman–Crippen LogP) is 2.44. The molecule has 8 nitrogen and oxygen atoms in total. The average molecular weight is 380 g/mol. The van der Waals surface area contributed by atoms with Gasteiger partial charge in [-0.25, -0.2) is 19.2 Å². The number of hydrogen-bond acceptors (Lipinski definition) is 6. The minimum absolute atomic E-state index is 0.280. The third-order valence-corrected chi connectivity index (χ3v) is 5.14. The van der Waals surface area contributed by atoms with Crippen molar-refractivity contribution in [1.82, 2.24) is 24.7 Å². The van der Waals surface area contributed by atoms with E-state index >= 15 is 0 Å². The number of carbonyl (C=O) groups is 1. The van der Waals surface area contributed by atoms with E-state index < -0.39 is 6.03 Å². The first-order chi connectivity index (χ1) is 13.5. The molecule has 0 saturated heterocycles. The molecule has 1 aliphatic rings. The summed E-state index contributed by atoms with van der Waals surface area (Å²) in [5.41, 5.74) is 7.25. The summed E-state index contributed by atoms with van der Waals surface area (Å²) in [7, 11) is 0. The van der Waals surface area contributed by atoms with Crippen LogP contribution in [0.3, 0.4) is 0 Å². The van der Waals surface area contributed by atoms with Gasteiger partial charge in [-0.15, -0.1) is 0 Å². The monoisotopic (exact) mass is 380 g/mol. The summed E-state index contributed by atoms with van der Waals surface area (Å²) in [5, 5.41) is 7.21. The van der Waals surface area contributed by atoms with Crippen molar-refractivity contribution in [3.63, 3.8) is 0 Å². The Kier molecular flexibility index (Phi) is 4.50. The van der Waals surface area contributed by atoms with Crippen LogP contribution in [0.5, 0.6) is 0 Å². The highest BCUT2D eigenvalue weighted by atomic mass is 19.1. The Bertz CT molecular complexity index is 1010. The van der Waals surface area contributed by atoms with Crippen LogP contribution in [0.15, 0.2) is 30.7 Å². The number of primary amides is 1. The van der Waals surface area contributed by atoms with Crippen LogP contribution in [0, 0.1) is 18.9 Å². The van der Waals surface area contributed by atoms with E-state index in [9.17, 15) is 9.18 Å². The molecule has 3 heterocycles. The van der Waals surface area contributed by atoms with Crippen LogP contribution in [0.25, 0.3) is 11.1 Å². The number of nitrogens with one attached hydrogen (secondary N) is 1. The summed E-state index contributed by atoms with van der Waals surface area (Å²) < 4.78 is 15.2. The molecular weight excluding hydrogens is 361 g/mol. The molecular formula is C19H19FN7O. The molecule has 9 heteroatoms. The summed E-state index contributed by atoms with van der Waals surface area (Å²) >= 11 is 0. The maximum absolute atomic E-state index is 14.2. The highest BCUT2D eigenvalue weighted by Crippen LogP contribution is 2.43. The fourth-order valence-corrected chi connectivity index (χ4v) is 3.46. The molecule has 0 aliphatic heterocycles. The second-order valence-electron chi connectivity index (χ2n) is 6.94. The fraction of sp³-hybridized carbons (Fsp3) is 0.316. The molecule has 3 N–H and O–H groups in total. The van der Waals surface area contributed by atoms with Gasteiger partial charge in [0.25, 0.3) is 0 Å². The molecule has 1 aliphatic carbocycles. The third kappa shape index (κ3) is 3.19. The smallest absolute Gasteiger partial charge is 0.340 e. The molecule has 0 bridgehead atoms. The van der Waals surface area contributed by atoms with Crippen molar-refractivity contribution in [2.75, 3.05) is 11.9 Å². The molecule has 4 rings (SSSR count). The first-order valence-corrected chi connectivity index (χ1v) is 8.94. The van der Waals surface area contributed by atoms with Crippen LogP contribution in [0.2, 0.25) is 0 Å². The molecule has 143 valence electrons. The number of rotatable bonds is 5. The SMILES string of the molecule is Cc1nn(C(N)=O)[c]c1-c1cnc(NCC2(c3ncccc3F)CCC2)nc1. The second kappa shape index (κ2) is 6.99. The Morgan fingerprint density at radius 2 is 2.11 bits per heavy atom. The minimum atomic E-state index is -0.707. The fourth-order valence-electron chi connectivity index (χ4n) is 3.46. The van der Waals surface area contributed by atoms with Gasteiger partial charge in [0.05, 0.1) is 11.4 Å². The van der Waals surface area contributed by atoms with Gasteiger partial charge in [-0.2, -0.15) is 9.78 Å². The van der Waals surface area contributed by atoms with Gasteiger partial charge in [-0.3, -0.25) is 4.98 Å². The molecule has 1 amide bonds. The Balaban J connectivity index is 1.49. The zero-order valence-corrected chi connectivity index (χ0v) is 15.3. The van der Waals surface area contributed by atoms with Gasteiger partial charge >= 0.3 is 6.03 Å². The summed E-state index contributed by atoms with van der Waals surface area (Å²) in [4.78, 5) is 24.1. The van der Waals surface area contributed by atoms with E-state index in [2.05, 4.69) is 31.6 Å². The van der Waals surface area contributed by atoms with Crippen LogP contribution in [0.1, 0.15) is 30.7 Å². The van der Waals surface area contributed by atoms with Crippen molar-refractivity contribution in [2.45, 2.75) is 31.6 Å². The Hall–Kier alpha value is -3.36. The Morgan fingerprint density at radius 3 is 2.68 bits per heavy atom. The Morgan fingerprint density at radius 1 is 1.36 bits per heavy atom. The van der Waals surface area contributed by atoms with Crippen molar-refractivity contribution in [3.05, 3.63) is 54.1 Å². The van der Waals surface area contributed by atoms with Crippen molar-refractivity contribution in [3.8, 4) is 11.1 Å². The molecule has 0 atom stereocenters. The molecule has 1 fully saturated rings. The third-order valence-electron chi connectivity index (χ3n) is 5.14. The second-order valence-corrected chi connectivity index (χ2v) is 6.94. The van der Waals surface area contributed by atoms with E-state index in [1.54, 1.807) is 31.6 Å². The summed E-state index contributed by atoms with van der Waals surface area (Å²) in [6.07, 6.45) is 10.4. The molecule has 3 aromatic rings. The maximum atomic E-state index is 14.2. The first kappa shape index (κ1) is 18.0. The van der Waals surface area contributed by atoms with Crippen LogP contribution < -0.4 is 11.1 Å². The van der Waals surface area contributed by atoms with Crippen molar-refractivity contribution in [2.24, 2.45) is 5.73 Å². The summed E-state index contributed by atoms with van der Waals surface area (Å²) in [6.45, 7) is 2.25. The average Bonchev–Trinajstić information content (AvgIpc) is 3.05. The molecule has 0 unspecified atom stereocenters. The first-order valence-electron chi connectivity index (χ1n) is 8.94. The number of aryl methyl sites for hydroxylation is 1. The lowest BCUT2D eigenvalue weighted by molar-refractivity contribution is 0.243. The van der Waals surface area contributed by atoms with Gasteiger partial charge in [0.2, 0.25) is 5.95 Å². The quantitative estimate of drug-likeness (QED) is 0.703. The normalized spacial score (nSPS) is 15.1. The number of carbonyl (C=O) groups excluding carboxylic acids is 1. The van der Waals surface area contributed by atoms with Crippen LogP contribution in [-0.4, -0.2) is 37.3 Å². The number of hydrogen-bond donors (Lipinski definition) is 2. The van der Waals surface area contributed by atoms with Crippen molar-refractivity contribution >= 4 is 12.0 Å². The lowest BCUT2D eigenvalue weighted by atomic mass is 9.66. The minimum Gasteiger partial charge on any atom is -0.353 e. The van der Waals surface area contributed by atoms with E-state index in [0.29, 0.717) is 35.0 Å². The van der Waals surface area contributed by atoms with Crippen LogP contribution in [-0.2, 0) is 5.41 Å². The van der Waals surface area contributed by atoms with E-state index in [-0.39, 0.29) is 11.2 Å². The molecule has 0 spiro atoms. The predicted molar refractivity (Wildman–Crippen MR) is 100 cm³/mol. The number of aromatic nitrogens is 5. The van der Waals surface area contributed by atoms with Gasteiger partial charge in [-0.05, 0) is 31.9 Å². The van der Waals surface area contributed by atoms with Crippen molar-refractivity contribution < 1.29 is 9.18 Å². The number of pyridine rings is 1. The number of anilines is 1. The molecule has 0 aromatic carbocycles. The molecule has 28 heavy (non-hydrogen) atoms. The van der Waals surface area contributed by atoms with E-state index in [0.717, 1.165) is 23.9 Å². The van der Waals surface area contributed by atoms with Gasteiger partial charge < -0.3 is 11.1 Å². The number of halogens is 1. The van der Waals surface area contributed by atoms with E-state index in [4.69, 9.17) is 5.73 Å². The van der Waals surface area contributed by atoms with Crippen LogP contribution in [0.4, 0.5) is 15.1 Å². The zero-order valence-electron chi connectivity index (χ0n) is 15.3. The lowest BCUT2D eigenvalue weighted by Gasteiger charge is -2.41. The number of nitrogens with zero attached hydrogens (tertiary/aromatic N) is 5. The molecule has 1 saturated carbocycles. The number of nitrogens with two attached hydrogens (primary N) is 1. The van der Waals surface area contributed by atoms with Crippen LogP contribution >= 0.6 is 0 Å². The standard InChI is InChI=1S/C19H19FN7O/c1-12-14(10-27(26-12)17(21)28)13-8-23-18(24-9-13)25-11-19(5-3-6-19)16-15(20)4-2-7-22-16/h2,4,7-9H,3,5-6,11H2,1H3,(H2,21,28)(H,23,24,25). The van der Waals surface area contributed by atoms with Gasteiger partial charge in [0.1, 0.15) is 12.0 Å². The topological polar surface area (TPSA) is 112 Å². The van der Waals surface area contributed by atoms with E-state index in [1.165, 1.54) is 6.07 Å². The zero-order chi connectivity index (χ0) is 19.7. The Labute approximate surface area is 161 Å². The highest BCUT2D eigenvalue weighted by molar-refractivity contribution is 5.76. The number of amides is 1. The van der Waals surface area contributed by atoms with Gasteiger partial charge in [0, 0.05) is 41.7 Å². The van der Waals surface area contributed by atoms with Gasteiger partial charge in [-0.1, -0.05) is 6.42 Å². The van der Waals surface area contributed by atoms with E-state index in [1.807, 2.05) is 0 Å². The van der Waals surface area contributed by atoms with Crippen molar-refractivity contribution in [1.29, 1.82) is 0 Å². The maximum Gasteiger partial charge on any atom is 0.340 e. The summed E-state index contributed by atoms with van der Waals surface area (Å²) in [5.74, 6) is 0.157. The van der Waals surface area contributed by atoms with Gasteiger partial charge in [0.15, 0.2) is 0 Å². The highest BCUT2D eigenvalue weighted by Gasteiger charge is 2.41. The molecule has 1 radical (unpaired) electrons.